The molecule has 2 atom stereocenters. The molecule has 0 saturated carbocycles. The fraction of sp³-hybridized carbons (Fsp3) is 0.258. The highest BCUT2D eigenvalue weighted by molar-refractivity contribution is 7.80. The maximum atomic E-state index is 12.1. The topological polar surface area (TPSA) is 71.4 Å². The van der Waals surface area contributed by atoms with Gasteiger partial charge in [0.2, 0.25) is 5.91 Å². The first kappa shape index (κ1) is 27.8. The molecule has 7 nitrogen and oxygen atoms in total. The molecule has 4 aromatic rings. The first-order valence-electron chi connectivity index (χ1n) is 13.1. The zero-order valence-corrected chi connectivity index (χ0v) is 24.7. The Morgan fingerprint density at radius 1 is 1.05 bits per heavy atom. The van der Waals surface area contributed by atoms with E-state index in [4.69, 9.17) is 33.5 Å². The fourth-order valence-corrected chi connectivity index (χ4v) is 6.16. The third kappa shape index (κ3) is 5.10. The lowest BCUT2D eigenvalue weighted by molar-refractivity contribution is -0.119. The molecular weight excluding hydrogens is 542 g/mol. The molecule has 9 heteroatoms. The Bertz CT molecular complexity index is 1590. The molecule has 206 valence electrons. The number of carbonyl (C=O) groups is 1. The van der Waals surface area contributed by atoms with Crippen LogP contribution in [0.25, 0.3) is 5.69 Å². The van der Waals surface area contributed by atoms with E-state index in [2.05, 4.69) is 53.0 Å². The maximum absolute atomic E-state index is 12.1. The fourth-order valence-electron chi connectivity index (χ4n) is 5.63. The molecule has 5 rings (SSSR count). The van der Waals surface area contributed by atoms with Crippen molar-refractivity contribution >= 4 is 46.2 Å². The van der Waals surface area contributed by atoms with Crippen molar-refractivity contribution in [2.75, 3.05) is 23.9 Å². The second-order valence-corrected chi connectivity index (χ2v) is 10.8. The van der Waals surface area contributed by atoms with Crippen LogP contribution in [0, 0.1) is 27.7 Å². The quantitative estimate of drug-likeness (QED) is 0.245. The molecule has 2 aromatic heterocycles. The number of halogens is 1. The molecule has 1 amide bonds. The minimum absolute atomic E-state index is 0.00330. The lowest BCUT2D eigenvalue weighted by atomic mass is 9.93. The number of hydrogen-bond acceptors (Lipinski definition) is 4. The first-order chi connectivity index (χ1) is 19.2. The number of carbonyl (C=O) groups excluding carboxylic acids is 1. The molecule has 0 spiro atoms. The average Bonchev–Trinajstić information content (AvgIpc) is 3.37. The second kappa shape index (κ2) is 11.4. The van der Waals surface area contributed by atoms with Gasteiger partial charge in [0.05, 0.1) is 17.8 Å². The number of anilines is 2. The molecule has 1 fully saturated rings. The Labute approximate surface area is 245 Å². The van der Waals surface area contributed by atoms with Gasteiger partial charge in [-0.05, 0) is 99.6 Å². The van der Waals surface area contributed by atoms with Crippen LogP contribution in [-0.4, -0.2) is 34.3 Å². The number of thiocarbonyl (C=S) groups is 1. The van der Waals surface area contributed by atoms with Crippen LogP contribution >= 0.6 is 23.8 Å². The third-order valence-electron chi connectivity index (χ3n) is 7.51. The number of ether oxygens (including phenoxy) is 1. The van der Waals surface area contributed by atoms with Gasteiger partial charge in [0.25, 0.3) is 0 Å². The zero-order chi connectivity index (χ0) is 28.6. The number of rotatable bonds is 7. The minimum atomic E-state index is -0.200. The van der Waals surface area contributed by atoms with E-state index in [1.54, 1.807) is 0 Å². The van der Waals surface area contributed by atoms with Gasteiger partial charge in [-0.15, -0.1) is 0 Å². The lowest BCUT2D eigenvalue weighted by Gasteiger charge is -2.29. The molecule has 2 aromatic carbocycles. The molecule has 1 saturated heterocycles. The number of benzene rings is 2. The van der Waals surface area contributed by atoms with Crippen LogP contribution in [-0.2, 0) is 9.53 Å². The molecule has 0 unspecified atom stereocenters. The summed E-state index contributed by atoms with van der Waals surface area (Å²) in [6, 6.07) is 19.4. The first-order valence-corrected chi connectivity index (χ1v) is 13.8. The average molecular weight is 574 g/mol. The van der Waals surface area contributed by atoms with Crippen LogP contribution in [0.3, 0.4) is 0 Å². The summed E-state index contributed by atoms with van der Waals surface area (Å²) in [5.41, 5.74) is 9.11. The van der Waals surface area contributed by atoms with Crippen molar-refractivity contribution in [2.45, 2.75) is 39.8 Å². The Morgan fingerprint density at radius 3 is 2.52 bits per heavy atom. The van der Waals surface area contributed by atoms with Crippen molar-refractivity contribution in [3.8, 4) is 5.69 Å². The number of nitrogens with one attached hydrogen (secondary N) is 2. The van der Waals surface area contributed by atoms with Crippen LogP contribution in [0.2, 0.25) is 5.02 Å². The predicted molar refractivity (Wildman–Crippen MR) is 165 cm³/mol. The van der Waals surface area contributed by atoms with E-state index in [0.717, 1.165) is 39.7 Å². The summed E-state index contributed by atoms with van der Waals surface area (Å²) in [6.45, 7) is 8.41. The van der Waals surface area contributed by atoms with E-state index in [1.165, 1.54) is 18.2 Å². The molecule has 2 N–H and O–H groups in total. The van der Waals surface area contributed by atoms with E-state index >= 15 is 0 Å². The summed E-state index contributed by atoms with van der Waals surface area (Å²) < 4.78 is 7.22. The van der Waals surface area contributed by atoms with Crippen molar-refractivity contribution in [3.63, 3.8) is 0 Å². The molecule has 3 heterocycles. The molecule has 1 aliphatic heterocycles. The number of aryl methyl sites for hydroxylation is 1. The minimum Gasteiger partial charge on any atom is -0.375 e. The molecular formula is C31H32ClN5O2S. The highest BCUT2D eigenvalue weighted by Gasteiger charge is 2.43. The van der Waals surface area contributed by atoms with Gasteiger partial charge in [-0.3, -0.25) is 9.78 Å². The van der Waals surface area contributed by atoms with Crippen molar-refractivity contribution in [1.82, 2.24) is 14.9 Å². The van der Waals surface area contributed by atoms with Crippen molar-refractivity contribution < 1.29 is 9.53 Å². The molecule has 40 heavy (non-hydrogen) atoms. The summed E-state index contributed by atoms with van der Waals surface area (Å²) in [5.74, 6) is -0.200. The monoisotopic (exact) mass is 573 g/mol. The van der Waals surface area contributed by atoms with Crippen molar-refractivity contribution in [3.05, 3.63) is 106 Å². The van der Waals surface area contributed by atoms with E-state index < -0.39 is 0 Å². The molecule has 0 aliphatic carbocycles. The van der Waals surface area contributed by atoms with Crippen LogP contribution in [0.4, 0.5) is 11.4 Å². The van der Waals surface area contributed by atoms with Gasteiger partial charge in [0.1, 0.15) is 6.61 Å². The Hall–Kier alpha value is -3.72. The Kier molecular flexibility index (Phi) is 7.94. The van der Waals surface area contributed by atoms with Gasteiger partial charge >= 0.3 is 0 Å². The second-order valence-electron chi connectivity index (χ2n) is 10.0. The zero-order valence-electron chi connectivity index (χ0n) is 23.2. The SMILES string of the molecule is COCC(=O)Nc1ccc(N2C(=S)N[C@H](c3ccccn3)[C@H]2c2c(C)c(C)n(-c3cccc(Cl)c3)c2C)cc1C. The number of amides is 1. The van der Waals surface area contributed by atoms with E-state index in [9.17, 15) is 4.79 Å². The Balaban J connectivity index is 1.65. The van der Waals surface area contributed by atoms with Crippen LogP contribution in [0.1, 0.15) is 45.9 Å². The van der Waals surface area contributed by atoms with Gasteiger partial charge in [0.15, 0.2) is 5.11 Å². The summed E-state index contributed by atoms with van der Waals surface area (Å²) in [4.78, 5) is 19.0. The number of nitrogens with zero attached hydrogens (tertiary/aromatic N) is 3. The van der Waals surface area contributed by atoms with Crippen LogP contribution < -0.4 is 15.5 Å². The van der Waals surface area contributed by atoms with Gasteiger partial charge in [-0.2, -0.15) is 0 Å². The largest absolute Gasteiger partial charge is 0.375 e. The Morgan fingerprint density at radius 2 is 1.85 bits per heavy atom. The normalized spacial score (nSPS) is 16.8. The van der Waals surface area contributed by atoms with E-state index in [0.29, 0.717) is 10.1 Å². The van der Waals surface area contributed by atoms with Gasteiger partial charge in [-0.1, -0.05) is 23.7 Å². The summed E-state index contributed by atoms with van der Waals surface area (Å²) in [5, 5.41) is 7.78. The van der Waals surface area contributed by atoms with E-state index in [1.807, 2.05) is 61.7 Å². The van der Waals surface area contributed by atoms with Crippen molar-refractivity contribution in [1.29, 1.82) is 0 Å². The molecule has 1 aliphatic rings. The molecule has 0 bridgehead atoms. The van der Waals surface area contributed by atoms with Gasteiger partial charge in [0, 0.05) is 52.3 Å². The van der Waals surface area contributed by atoms with Gasteiger partial charge < -0.3 is 24.8 Å². The lowest BCUT2D eigenvalue weighted by Crippen LogP contribution is -2.30. The number of pyridine rings is 1. The van der Waals surface area contributed by atoms with Gasteiger partial charge in [-0.25, -0.2) is 0 Å². The smallest absolute Gasteiger partial charge is 0.250 e. The molecule has 0 radical (unpaired) electrons. The number of aromatic nitrogens is 2. The summed E-state index contributed by atoms with van der Waals surface area (Å²) >= 11 is 12.4. The third-order valence-corrected chi connectivity index (χ3v) is 8.05. The van der Waals surface area contributed by atoms with E-state index in [-0.39, 0.29) is 24.6 Å². The predicted octanol–water partition coefficient (Wildman–Crippen LogP) is 6.52. The van der Waals surface area contributed by atoms with Crippen molar-refractivity contribution in [2.24, 2.45) is 0 Å². The van der Waals surface area contributed by atoms with Crippen LogP contribution in [0.5, 0.6) is 0 Å². The highest BCUT2D eigenvalue weighted by Crippen LogP contribution is 2.46. The van der Waals surface area contributed by atoms with Crippen LogP contribution in [0.15, 0.2) is 66.9 Å². The summed E-state index contributed by atoms with van der Waals surface area (Å²) in [6.07, 6.45) is 1.81. The number of hydrogen-bond donors (Lipinski definition) is 2. The maximum Gasteiger partial charge on any atom is 0.250 e. The highest BCUT2D eigenvalue weighted by atomic mass is 35.5. The number of methoxy groups -OCH3 is 1. The standard InChI is InChI=1S/C31H32ClN5O2S/c1-18-15-24(12-13-25(18)34-27(38)17-39-5)37-30(29(35-31(37)40)26-11-6-7-14-33-26)28-19(2)20(3)36(21(28)4)23-10-8-9-22(32)16-23/h6-16,29-30H,17H2,1-5H3,(H,34,38)(H,35,40)/t29-,30-/m1/s1. The summed E-state index contributed by atoms with van der Waals surface area (Å²) in [7, 11) is 1.50.